The lowest BCUT2D eigenvalue weighted by molar-refractivity contribution is -0.118. The molecule has 74 valence electrons. The lowest BCUT2D eigenvalue weighted by atomic mass is 9.96. The van der Waals surface area contributed by atoms with Gasteiger partial charge in [-0.1, -0.05) is 12.2 Å². The zero-order valence-corrected chi connectivity index (χ0v) is 9.29. The Morgan fingerprint density at radius 1 is 1.62 bits per heavy atom. The first kappa shape index (κ1) is 10.8. The number of carbonyl (C=O) groups excluding carboxylic acids is 1. The van der Waals surface area contributed by atoms with E-state index in [9.17, 15) is 4.79 Å². The number of nitrogens with two attached hydrogens (primary N) is 1. The molecule has 5 heteroatoms. The van der Waals surface area contributed by atoms with Crippen LogP contribution in [0.15, 0.2) is 0 Å². The van der Waals surface area contributed by atoms with E-state index >= 15 is 0 Å². The first-order valence-corrected chi connectivity index (χ1v) is 5.82. The number of thioether (sulfide) groups is 1. The number of carbonyl (C=O) groups is 1. The number of piperidine rings is 1. The average Bonchev–Trinajstić information content (AvgIpc) is 2.17. The number of hydrogen-bond acceptors (Lipinski definition) is 3. The topological polar surface area (TPSA) is 46.3 Å². The van der Waals surface area contributed by atoms with Crippen molar-refractivity contribution in [1.29, 1.82) is 0 Å². The minimum Gasteiger partial charge on any atom is -0.392 e. The summed E-state index contributed by atoms with van der Waals surface area (Å²) in [5, 5.41) is 0. The fourth-order valence-corrected chi connectivity index (χ4v) is 2.79. The molecule has 0 aromatic rings. The molecule has 0 aliphatic carbocycles. The highest BCUT2D eigenvalue weighted by atomic mass is 32.2. The van der Waals surface area contributed by atoms with Crippen molar-refractivity contribution in [3.8, 4) is 0 Å². The van der Waals surface area contributed by atoms with E-state index in [0.29, 0.717) is 4.99 Å². The SMILES string of the molecule is CSC1(C(N)=S)CCN(C=O)CC1. The van der Waals surface area contributed by atoms with E-state index in [2.05, 4.69) is 0 Å². The van der Waals surface area contributed by atoms with E-state index in [1.807, 2.05) is 6.26 Å². The van der Waals surface area contributed by atoms with Crippen LogP contribution in [0.1, 0.15) is 12.8 Å². The summed E-state index contributed by atoms with van der Waals surface area (Å²) in [6.07, 6.45) is 4.67. The van der Waals surface area contributed by atoms with E-state index < -0.39 is 0 Å². The van der Waals surface area contributed by atoms with Crippen LogP contribution in [-0.2, 0) is 4.79 Å². The van der Waals surface area contributed by atoms with Crippen molar-refractivity contribution in [2.45, 2.75) is 17.6 Å². The van der Waals surface area contributed by atoms with E-state index in [0.717, 1.165) is 32.3 Å². The Balaban J connectivity index is 2.63. The lowest BCUT2D eigenvalue weighted by Crippen LogP contribution is -2.48. The molecule has 0 atom stereocenters. The third-order valence-electron chi connectivity index (χ3n) is 2.59. The van der Waals surface area contributed by atoms with Gasteiger partial charge in [0.2, 0.25) is 6.41 Å². The molecule has 1 fully saturated rings. The van der Waals surface area contributed by atoms with Crippen molar-refractivity contribution in [2.75, 3.05) is 19.3 Å². The molecule has 0 spiro atoms. The molecule has 0 radical (unpaired) electrons. The monoisotopic (exact) mass is 218 g/mol. The third-order valence-corrected chi connectivity index (χ3v) is 4.52. The van der Waals surface area contributed by atoms with Crippen LogP contribution in [0.5, 0.6) is 0 Å². The Bertz CT molecular complexity index is 212. The van der Waals surface area contributed by atoms with Gasteiger partial charge < -0.3 is 10.6 Å². The quantitative estimate of drug-likeness (QED) is 0.557. The summed E-state index contributed by atoms with van der Waals surface area (Å²) in [7, 11) is 0. The van der Waals surface area contributed by atoms with Crippen LogP contribution in [0.25, 0.3) is 0 Å². The second kappa shape index (κ2) is 4.28. The summed E-state index contributed by atoms with van der Waals surface area (Å²) < 4.78 is -0.0746. The van der Waals surface area contributed by atoms with E-state index in [1.165, 1.54) is 0 Å². The maximum atomic E-state index is 10.5. The number of nitrogens with zero attached hydrogens (tertiary/aromatic N) is 1. The van der Waals surface area contributed by atoms with Gasteiger partial charge in [-0.3, -0.25) is 4.79 Å². The number of hydrogen-bond donors (Lipinski definition) is 1. The number of rotatable bonds is 3. The molecule has 0 aromatic heterocycles. The summed E-state index contributed by atoms with van der Waals surface area (Å²) in [6, 6.07) is 0. The van der Waals surface area contributed by atoms with Crippen LogP contribution in [0.2, 0.25) is 0 Å². The lowest BCUT2D eigenvalue weighted by Gasteiger charge is -2.38. The van der Waals surface area contributed by atoms with E-state index in [1.54, 1.807) is 16.7 Å². The fraction of sp³-hybridized carbons (Fsp3) is 0.750. The third kappa shape index (κ3) is 2.14. The molecule has 1 amide bonds. The fourth-order valence-electron chi connectivity index (χ4n) is 1.54. The predicted octanol–water partition coefficient (Wildman–Crippen LogP) is 0.627. The van der Waals surface area contributed by atoms with Gasteiger partial charge in [-0.05, 0) is 19.1 Å². The normalized spacial score (nSPS) is 21.2. The molecule has 1 saturated heterocycles. The molecule has 1 heterocycles. The molecule has 1 aliphatic rings. The maximum absolute atomic E-state index is 10.5. The van der Waals surface area contributed by atoms with Gasteiger partial charge in [-0.25, -0.2) is 0 Å². The standard InChI is InChI=1S/C8H14N2OS2/c1-13-8(7(9)12)2-4-10(6-11)5-3-8/h6H,2-5H2,1H3,(H2,9,12). The van der Waals surface area contributed by atoms with Gasteiger partial charge in [0.05, 0.1) is 9.74 Å². The van der Waals surface area contributed by atoms with Crippen molar-refractivity contribution < 1.29 is 4.79 Å². The van der Waals surface area contributed by atoms with Gasteiger partial charge in [0, 0.05) is 13.1 Å². The summed E-state index contributed by atoms with van der Waals surface area (Å²) in [5.41, 5.74) is 5.70. The smallest absolute Gasteiger partial charge is 0.209 e. The Hall–Kier alpha value is -0.290. The molecule has 1 aliphatic heterocycles. The Morgan fingerprint density at radius 2 is 2.15 bits per heavy atom. The Kier molecular flexibility index (Phi) is 3.55. The molecule has 13 heavy (non-hydrogen) atoms. The zero-order valence-electron chi connectivity index (χ0n) is 7.66. The molecule has 3 nitrogen and oxygen atoms in total. The van der Waals surface area contributed by atoms with Crippen LogP contribution in [0.4, 0.5) is 0 Å². The van der Waals surface area contributed by atoms with Gasteiger partial charge in [-0.2, -0.15) is 11.8 Å². The summed E-state index contributed by atoms with van der Waals surface area (Å²) in [6.45, 7) is 1.53. The highest BCUT2D eigenvalue weighted by Crippen LogP contribution is 2.34. The van der Waals surface area contributed by atoms with Crippen molar-refractivity contribution in [3.05, 3.63) is 0 Å². The van der Waals surface area contributed by atoms with E-state index in [-0.39, 0.29) is 4.75 Å². The van der Waals surface area contributed by atoms with Crippen molar-refractivity contribution in [2.24, 2.45) is 5.73 Å². The van der Waals surface area contributed by atoms with Gasteiger partial charge in [0.15, 0.2) is 0 Å². The van der Waals surface area contributed by atoms with Crippen molar-refractivity contribution >= 4 is 35.4 Å². The van der Waals surface area contributed by atoms with Gasteiger partial charge in [0.1, 0.15) is 0 Å². The van der Waals surface area contributed by atoms with Crippen LogP contribution in [-0.4, -0.2) is 40.4 Å². The highest BCUT2D eigenvalue weighted by Gasteiger charge is 2.36. The minimum atomic E-state index is -0.0746. The summed E-state index contributed by atoms with van der Waals surface area (Å²) >= 11 is 6.76. The first-order chi connectivity index (χ1) is 6.14. The van der Waals surface area contributed by atoms with Gasteiger partial charge in [-0.15, -0.1) is 0 Å². The van der Waals surface area contributed by atoms with Crippen LogP contribution in [0.3, 0.4) is 0 Å². The second-order valence-electron chi connectivity index (χ2n) is 3.20. The predicted molar refractivity (Wildman–Crippen MR) is 59.9 cm³/mol. The minimum absolute atomic E-state index is 0.0746. The highest BCUT2D eigenvalue weighted by molar-refractivity contribution is 8.01. The second-order valence-corrected chi connectivity index (χ2v) is 4.83. The molecular formula is C8H14N2OS2. The average molecular weight is 218 g/mol. The largest absolute Gasteiger partial charge is 0.392 e. The van der Waals surface area contributed by atoms with Crippen LogP contribution in [0, 0.1) is 0 Å². The molecule has 0 aromatic carbocycles. The molecule has 0 saturated carbocycles. The summed E-state index contributed by atoms with van der Waals surface area (Å²) in [5.74, 6) is 0. The van der Waals surface area contributed by atoms with Crippen molar-refractivity contribution in [1.82, 2.24) is 4.90 Å². The van der Waals surface area contributed by atoms with E-state index in [4.69, 9.17) is 18.0 Å². The number of likely N-dealkylation sites (tertiary alicyclic amines) is 1. The molecule has 2 N–H and O–H groups in total. The number of amides is 1. The molecule has 0 bridgehead atoms. The van der Waals surface area contributed by atoms with Gasteiger partial charge in [0.25, 0.3) is 0 Å². The van der Waals surface area contributed by atoms with Crippen molar-refractivity contribution in [3.63, 3.8) is 0 Å². The number of thiocarbonyl (C=S) groups is 1. The zero-order chi connectivity index (χ0) is 9.90. The Labute approximate surface area is 88.0 Å². The van der Waals surface area contributed by atoms with Crippen LogP contribution >= 0.6 is 24.0 Å². The molecule has 1 rings (SSSR count). The molecular weight excluding hydrogens is 204 g/mol. The maximum Gasteiger partial charge on any atom is 0.209 e. The Morgan fingerprint density at radius 3 is 2.46 bits per heavy atom. The summed E-state index contributed by atoms with van der Waals surface area (Å²) in [4.78, 5) is 12.8. The van der Waals surface area contributed by atoms with Gasteiger partial charge >= 0.3 is 0 Å². The molecule has 0 unspecified atom stereocenters. The first-order valence-electron chi connectivity index (χ1n) is 4.19. The van der Waals surface area contributed by atoms with Crippen LogP contribution < -0.4 is 5.73 Å².